The van der Waals surface area contributed by atoms with Gasteiger partial charge in [0, 0.05) is 32.2 Å². The van der Waals surface area contributed by atoms with Gasteiger partial charge in [-0.2, -0.15) is 9.97 Å². The molecular weight excluding hydrogens is 420 g/mol. The summed E-state index contributed by atoms with van der Waals surface area (Å²) in [5.41, 5.74) is 12.7. The van der Waals surface area contributed by atoms with Gasteiger partial charge in [-0.1, -0.05) is 0 Å². The van der Waals surface area contributed by atoms with E-state index in [1.165, 1.54) is 12.4 Å². The minimum Gasteiger partial charge on any atom is -0.421 e. The highest BCUT2D eigenvalue weighted by atomic mass is 19.2. The number of nitrogens with one attached hydrogen (secondary N) is 2. The van der Waals surface area contributed by atoms with Crippen molar-refractivity contribution in [3.05, 3.63) is 30.1 Å². The molecule has 1 aliphatic carbocycles. The number of hydrogen-bond acceptors (Lipinski definition) is 9. The summed E-state index contributed by atoms with van der Waals surface area (Å²) in [7, 11) is 1.63. The van der Waals surface area contributed by atoms with E-state index in [-0.39, 0.29) is 23.4 Å². The molecule has 0 radical (unpaired) electrons. The first-order valence-corrected chi connectivity index (χ1v) is 10.1. The predicted octanol–water partition coefficient (Wildman–Crippen LogP) is 1.99. The zero-order valence-electron chi connectivity index (χ0n) is 16.9. The Morgan fingerprint density at radius 3 is 2.56 bits per heavy atom. The second kappa shape index (κ2) is 6.60. The van der Waals surface area contributed by atoms with E-state index in [0.29, 0.717) is 58.7 Å². The summed E-state index contributed by atoms with van der Waals surface area (Å²) in [6, 6.07) is 1.29. The van der Waals surface area contributed by atoms with Gasteiger partial charge >= 0.3 is 6.01 Å². The van der Waals surface area contributed by atoms with Crippen LogP contribution in [0.4, 0.5) is 26.2 Å². The van der Waals surface area contributed by atoms with Crippen LogP contribution in [0.1, 0.15) is 0 Å². The number of hydrogen-bond donors (Lipinski definition) is 4. The summed E-state index contributed by atoms with van der Waals surface area (Å²) in [6.07, 6.45) is 2.80. The van der Waals surface area contributed by atoms with Crippen LogP contribution in [0.3, 0.4) is 0 Å². The fourth-order valence-corrected chi connectivity index (χ4v) is 4.56. The molecule has 1 unspecified atom stereocenters. The first kappa shape index (κ1) is 18.9. The molecule has 164 valence electrons. The summed E-state index contributed by atoms with van der Waals surface area (Å²) < 4.78 is 35.1. The molecule has 1 saturated heterocycles. The zero-order chi connectivity index (χ0) is 22.1. The fourth-order valence-electron chi connectivity index (χ4n) is 4.56. The Morgan fingerprint density at radius 2 is 1.88 bits per heavy atom. The van der Waals surface area contributed by atoms with E-state index in [1.54, 1.807) is 7.05 Å². The predicted molar refractivity (Wildman–Crippen MR) is 115 cm³/mol. The minimum atomic E-state index is -0.961. The Bertz CT molecular complexity index is 1360. The monoisotopic (exact) mass is 439 g/mol. The summed E-state index contributed by atoms with van der Waals surface area (Å²) >= 11 is 0. The maximum Gasteiger partial charge on any atom is 0.326 e. The van der Waals surface area contributed by atoms with Crippen molar-refractivity contribution in [2.45, 2.75) is 6.04 Å². The smallest absolute Gasteiger partial charge is 0.326 e. The number of aromatic nitrogens is 5. The number of ether oxygens (including phenoxy) is 1. The molecule has 1 saturated carbocycles. The number of halogens is 2. The molecule has 4 aromatic rings. The van der Waals surface area contributed by atoms with Gasteiger partial charge in [0.15, 0.2) is 17.4 Å². The van der Waals surface area contributed by atoms with Gasteiger partial charge in [0.25, 0.3) is 0 Å². The third-order valence-corrected chi connectivity index (χ3v) is 6.27. The van der Waals surface area contributed by atoms with Crippen LogP contribution in [0.5, 0.6) is 11.8 Å². The number of nitrogens with zero attached hydrogens (tertiary/aromatic N) is 5. The number of fused-ring (bicyclic) bond motifs is 4. The number of rotatable bonds is 4. The van der Waals surface area contributed by atoms with Crippen molar-refractivity contribution in [2.24, 2.45) is 17.6 Å². The lowest BCUT2D eigenvalue weighted by Gasteiger charge is -2.21. The van der Waals surface area contributed by atoms with Gasteiger partial charge in [-0.05, 0) is 11.8 Å². The van der Waals surface area contributed by atoms with E-state index in [1.807, 2.05) is 4.90 Å². The molecule has 2 aliphatic rings. The van der Waals surface area contributed by atoms with Crippen molar-refractivity contribution < 1.29 is 13.5 Å². The Morgan fingerprint density at radius 1 is 1.16 bits per heavy atom. The SMILES string of the molecule is CNc1cc(F)c(F)c2c1[nH]c1nc(Oc3cnc(N)nc3)nc(N3C[C@@H]4C(N)[C@@H]4C3)c12. The van der Waals surface area contributed by atoms with Crippen LogP contribution >= 0.6 is 0 Å². The van der Waals surface area contributed by atoms with E-state index >= 15 is 4.39 Å². The third-order valence-electron chi connectivity index (χ3n) is 6.27. The van der Waals surface area contributed by atoms with Crippen LogP contribution in [0.2, 0.25) is 0 Å². The van der Waals surface area contributed by atoms with Gasteiger partial charge in [-0.15, -0.1) is 0 Å². The van der Waals surface area contributed by atoms with Crippen LogP contribution in [0, 0.1) is 23.5 Å². The van der Waals surface area contributed by atoms with Crippen LogP contribution in [0.15, 0.2) is 18.5 Å². The first-order chi connectivity index (χ1) is 15.4. The highest BCUT2D eigenvalue weighted by Gasteiger charge is 2.54. The Hall–Kier alpha value is -3.80. The van der Waals surface area contributed by atoms with E-state index in [9.17, 15) is 4.39 Å². The molecule has 32 heavy (non-hydrogen) atoms. The van der Waals surface area contributed by atoms with E-state index in [4.69, 9.17) is 16.2 Å². The van der Waals surface area contributed by atoms with Crippen LogP contribution < -0.4 is 26.4 Å². The molecule has 4 heterocycles. The van der Waals surface area contributed by atoms with E-state index in [0.717, 1.165) is 6.07 Å². The Balaban J connectivity index is 1.56. The lowest BCUT2D eigenvalue weighted by atomic mass is 10.1. The first-order valence-electron chi connectivity index (χ1n) is 10.1. The number of H-pyrrole nitrogens is 1. The minimum absolute atomic E-state index is 0.0178. The maximum atomic E-state index is 15.0. The largest absolute Gasteiger partial charge is 0.421 e. The quantitative estimate of drug-likeness (QED) is 0.375. The van der Waals surface area contributed by atoms with Gasteiger partial charge < -0.3 is 31.4 Å². The molecule has 3 aromatic heterocycles. The highest BCUT2D eigenvalue weighted by molar-refractivity contribution is 6.15. The number of nitrogens with two attached hydrogens (primary N) is 2. The number of piperidine rings is 1. The van der Waals surface area contributed by atoms with Crippen molar-refractivity contribution in [3.8, 4) is 11.8 Å². The third kappa shape index (κ3) is 2.72. The molecule has 0 amide bonds. The van der Waals surface area contributed by atoms with Crippen molar-refractivity contribution in [2.75, 3.05) is 36.1 Å². The fraction of sp³-hybridized carbons (Fsp3) is 0.300. The van der Waals surface area contributed by atoms with E-state index < -0.39 is 11.6 Å². The van der Waals surface area contributed by atoms with E-state index in [2.05, 4.69) is 30.2 Å². The highest BCUT2D eigenvalue weighted by Crippen LogP contribution is 2.47. The van der Waals surface area contributed by atoms with Gasteiger partial charge in [0.2, 0.25) is 5.95 Å². The molecule has 0 bridgehead atoms. The Labute approximate surface area is 180 Å². The van der Waals surface area contributed by atoms with Crippen LogP contribution in [-0.4, -0.2) is 51.1 Å². The second-order valence-electron chi connectivity index (χ2n) is 8.09. The van der Waals surface area contributed by atoms with Gasteiger partial charge in [0.05, 0.1) is 34.4 Å². The normalized spacial score (nSPS) is 21.9. The summed E-state index contributed by atoms with van der Waals surface area (Å²) in [4.78, 5) is 21.9. The summed E-state index contributed by atoms with van der Waals surface area (Å²) in [5.74, 6) is -0.353. The molecule has 3 atom stereocenters. The number of anilines is 3. The lowest BCUT2D eigenvalue weighted by molar-refractivity contribution is 0.440. The van der Waals surface area contributed by atoms with Gasteiger partial charge in [0.1, 0.15) is 11.5 Å². The second-order valence-corrected chi connectivity index (χ2v) is 8.09. The molecule has 1 aromatic carbocycles. The number of benzene rings is 1. The topological polar surface area (TPSA) is 144 Å². The average Bonchev–Trinajstić information content (AvgIpc) is 3.15. The van der Waals surface area contributed by atoms with Crippen molar-refractivity contribution in [1.82, 2.24) is 24.9 Å². The molecular formula is C20H19F2N9O. The summed E-state index contributed by atoms with van der Waals surface area (Å²) in [5, 5.41) is 3.37. The number of aromatic amines is 1. The van der Waals surface area contributed by atoms with Crippen molar-refractivity contribution in [3.63, 3.8) is 0 Å². The molecule has 12 heteroatoms. The molecule has 10 nitrogen and oxygen atoms in total. The standard InChI is InChI=1S/C20H19F2N9O/c1-25-11-2-10(21)14(22)12-13-17(28-16(11)12)29-20(32-7-3-26-19(24)27-4-7)30-18(13)31-5-8-9(6-31)15(8)23/h2-4,8-9,15,25H,5-6,23H2,1H3,(H2,24,26,27)(H,28,29,30)/t8-,9+,15?. The molecule has 6 rings (SSSR count). The lowest BCUT2D eigenvalue weighted by Crippen LogP contribution is -2.29. The molecule has 6 N–H and O–H groups in total. The molecule has 0 spiro atoms. The van der Waals surface area contributed by atoms with Crippen LogP contribution in [-0.2, 0) is 0 Å². The maximum absolute atomic E-state index is 15.0. The Kier molecular flexibility index (Phi) is 3.90. The van der Waals surface area contributed by atoms with Crippen molar-refractivity contribution in [1.29, 1.82) is 0 Å². The summed E-state index contributed by atoms with van der Waals surface area (Å²) in [6.45, 7) is 1.34. The van der Waals surface area contributed by atoms with Crippen LogP contribution in [0.25, 0.3) is 21.9 Å². The number of nitrogen functional groups attached to an aromatic ring is 1. The molecule has 1 aliphatic heterocycles. The average molecular weight is 439 g/mol. The zero-order valence-corrected chi connectivity index (χ0v) is 16.9. The van der Waals surface area contributed by atoms with Crippen molar-refractivity contribution >= 4 is 39.4 Å². The molecule has 2 fully saturated rings. The van der Waals surface area contributed by atoms with Gasteiger partial charge in [-0.25, -0.2) is 18.7 Å². The van der Waals surface area contributed by atoms with Gasteiger partial charge in [-0.3, -0.25) is 0 Å².